The van der Waals surface area contributed by atoms with Gasteiger partial charge >= 0.3 is 0 Å². The molecule has 1 aliphatic carbocycles. The van der Waals surface area contributed by atoms with E-state index in [1.807, 2.05) is 0 Å². The third kappa shape index (κ3) is 4.28. The SMILES string of the molecule is CN1C(c2ccccc2)=NC2=C(C1c1ccccc1)C(c1ccccc1)(c1cccc(-n3c4ccccc4c4ccccc43)c1)c1ccccc12. The van der Waals surface area contributed by atoms with Gasteiger partial charge in [0, 0.05) is 40.2 Å². The van der Waals surface area contributed by atoms with Crippen LogP contribution >= 0.6 is 0 Å². The maximum Gasteiger partial charge on any atom is 0.137 e. The number of nitrogens with zero attached hydrogens (tertiary/aromatic N) is 3. The van der Waals surface area contributed by atoms with Crippen LogP contribution in [0.15, 0.2) is 199 Å². The number of benzene rings is 7. The van der Waals surface area contributed by atoms with E-state index in [2.05, 4.69) is 205 Å². The molecule has 0 bridgehead atoms. The first kappa shape index (κ1) is 29.5. The molecule has 2 heterocycles. The van der Waals surface area contributed by atoms with Crippen molar-refractivity contribution in [2.45, 2.75) is 11.5 Å². The van der Waals surface area contributed by atoms with Crippen molar-refractivity contribution >= 4 is 33.3 Å². The Morgan fingerprint density at radius 3 is 1.80 bits per heavy atom. The van der Waals surface area contributed by atoms with E-state index in [1.54, 1.807) is 0 Å². The van der Waals surface area contributed by atoms with Crippen LogP contribution in [0.25, 0.3) is 33.2 Å². The summed E-state index contributed by atoms with van der Waals surface area (Å²) in [6, 6.07) is 68.3. The molecule has 0 spiro atoms. The van der Waals surface area contributed by atoms with E-state index in [0.717, 1.165) is 22.8 Å². The summed E-state index contributed by atoms with van der Waals surface area (Å²) in [6.07, 6.45) is 0. The lowest BCUT2D eigenvalue weighted by Crippen LogP contribution is -2.42. The highest BCUT2D eigenvalue weighted by atomic mass is 15.2. The van der Waals surface area contributed by atoms with Crippen LogP contribution in [-0.4, -0.2) is 22.4 Å². The standard InChI is InChI=1S/C48H35N3/c1-50-46(33-18-5-2-6-19-33)44-45(49-47(50)34-20-7-3-8-21-34)40-28-11-14-29-41(40)48(44,35-22-9-4-10-23-35)36-24-17-25-37(32-36)51-42-30-15-12-26-38(42)39-27-13-16-31-43(39)51/h2-32,46H,1H3. The fourth-order valence-corrected chi connectivity index (χ4v) is 8.88. The van der Waals surface area contributed by atoms with Crippen LogP contribution in [0, 0.1) is 0 Å². The maximum atomic E-state index is 5.63. The quantitative estimate of drug-likeness (QED) is 0.181. The summed E-state index contributed by atoms with van der Waals surface area (Å²) in [4.78, 5) is 8.02. The van der Waals surface area contributed by atoms with Crippen molar-refractivity contribution in [3.8, 4) is 5.69 Å². The summed E-state index contributed by atoms with van der Waals surface area (Å²) in [6.45, 7) is 0. The first-order valence-corrected chi connectivity index (χ1v) is 17.7. The van der Waals surface area contributed by atoms with Crippen molar-refractivity contribution in [3.05, 3.63) is 227 Å². The molecule has 0 radical (unpaired) electrons. The number of likely N-dealkylation sites (N-methyl/N-ethyl adjacent to an activating group) is 1. The Labute approximate surface area is 298 Å². The first-order valence-electron chi connectivity index (χ1n) is 17.7. The zero-order valence-electron chi connectivity index (χ0n) is 28.3. The summed E-state index contributed by atoms with van der Waals surface area (Å²) < 4.78 is 2.43. The molecule has 8 aromatic rings. The predicted molar refractivity (Wildman–Crippen MR) is 210 cm³/mol. The Balaban J connectivity index is 1.32. The molecule has 242 valence electrons. The van der Waals surface area contributed by atoms with Gasteiger partial charge in [-0.25, -0.2) is 4.99 Å². The molecule has 2 aliphatic rings. The van der Waals surface area contributed by atoms with Crippen molar-refractivity contribution < 1.29 is 0 Å². The number of rotatable bonds is 5. The summed E-state index contributed by atoms with van der Waals surface area (Å²) in [7, 11) is 2.21. The molecule has 10 rings (SSSR count). The lowest BCUT2D eigenvalue weighted by atomic mass is 9.64. The van der Waals surface area contributed by atoms with Crippen molar-refractivity contribution in [1.82, 2.24) is 9.47 Å². The fraction of sp³-hybridized carbons (Fsp3) is 0.0625. The van der Waals surface area contributed by atoms with E-state index in [-0.39, 0.29) is 6.04 Å². The maximum absolute atomic E-state index is 5.63. The smallest absolute Gasteiger partial charge is 0.137 e. The molecular weight excluding hydrogens is 619 g/mol. The number of amidine groups is 1. The number of fused-ring (bicyclic) bond motifs is 5. The van der Waals surface area contributed by atoms with Crippen LogP contribution in [0.4, 0.5) is 0 Å². The molecule has 1 aliphatic heterocycles. The Kier molecular flexibility index (Phi) is 6.68. The molecule has 0 amide bonds. The van der Waals surface area contributed by atoms with E-state index in [4.69, 9.17) is 4.99 Å². The van der Waals surface area contributed by atoms with E-state index >= 15 is 0 Å². The van der Waals surface area contributed by atoms with Gasteiger partial charge < -0.3 is 9.47 Å². The molecule has 51 heavy (non-hydrogen) atoms. The lowest BCUT2D eigenvalue weighted by molar-refractivity contribution is 0.392. The molecule has 7 aromatic carbocycles. The van der Waals surface area contributed by atoms with E-state index < -0.39 is 5.41 Å². The summed E-state index contributed by atoms with van der Waals surface area (Å²) in [5.74, 6) is 0.973. The molecule has 0 fully saturated rings. The molecule has 3 heteroatoms. The number of para-hydroxylation sites is 2. The minimum Gasteiger partial charge on any atom is -0.348 e. The van der Waals surface area contributed by atoms with E-state index in [1.165, 1.54) is 55.2 Å². The number of aliphatic imine (C=N–C) groups is 1. The van der Waals surface area contributed by atoms with Crippen LogP contribution in [0.3, 0.4) is 0 Å². The summed E-state index contributed by atoms with van der Waals surface area (Å²) >= 11 is 0. The van der Waals surface area contributed by atoms with Gasteiger partial charge in [0.15, 0.2) is 0 Å². The number of hydrogen-bond donors (Lipinski definition) is 0. The Morgan fingerprint density at radius 2 is 1.10 bits per heavy atom. The highest BCUT2D eigenvalue weighted by Gasteiger charge is 2.53. The zero-order valence-corrected chi connectivity index (χ0v) is 28.3. The average Bonchev–Trinajstić information content (AvgIpc) is 3.69. The molecule has 3 nitrogen and oxygen atoms in total. The fourth-order valence-electron chi connectivity index (χ4n) is 8.88. The van der Waals surface area contributed by atoms with Gasteiger partial charge in [0.2, 0.25) is 0 Å². The second-order valence-electron chi connectivity index (χ2n) is 13.6. The van der Waals surface area contributed by atoms with Crippen molar-refractivity contribution in [1.29, 1.82) is 0 Å². The van der Waals surface area contributed by atoms with Gasteiger partial charge in [-0.2, -0.15) is 0 Å². The highest BCUT2D eigenvalue weighted by molar-refractivity contribution is 6.09. The van der Waals surface area contributed by atoms with Gasteiger partial charge in [-0.15, -0.1) is 0 Å². The van der Waals surface area contributed by atoms with Crippen LogP contribution in [0.2, 0.25) is 0 Å². The van der Waals surface area contributed by atoms with E-state index in [0.29, 0.717) is 0 Å². The molecule has 0 N–H and O–H groups in total. The minimum atomic E-state index is -0.623. The zero-order chi connectivity index (χ0) is 33.9. The first-order chi connectivity index (χ1) is 25.2. The second kappa shape index (κ2) is 11.6. The van der Waals surface area contributed by atoms with Crippen LogP contribution in [0.5, 0.6) is 0 Å². The van der Waals surface area contributed by atoms with Gasteiger partial charge in [-0.3, -0.25) is 0 Å². The van der Waals surface area contributed by atoms with Crippen molar-refractivity contribution in [3.63, 3.8) is 0 Å². The van der Waals surface area contributed by atoms with Crippen LogP contribution in [-0.2, 0) is 5.41 Å². The number of hydrogen-bond acceptors (Lipinski definition) is 2. The monoisotopic (exact) mass is 653 g/mol. The van der Waals surface area contributed by atoms with Gasteiger partial charge in [0.1, 0.15) is 5.84 Å². The van der Waals surface area contributed by atoms with E-state index in [9.17, 15) is 0 Å². The largest absolute Gasteiger partial charge is 0.348 e. The van der Waals surface area contributed by atoms with Gasteiger partial charge in [0.25, 0.3) is 0 Å². The van der Waals surface area contributed by atoms with Gasteiger partial charge in [0.05, 0.1) is 28.2 Å². The third-order valence-corrected chi connectivity index (χ3v) is 10.9. The number of aromatic nitrogens is 1. The van der Waals surface area contributed by atoms with Gasteiger partial charge in [-0.05, 0) is 46.5 Å². The Bertz CT molecular complexity index is 2600. The Hall–Kier alpha value is -6.45. The lowest BCUT2D eigenvalue weighted by Gasteiger charge is -2.44. The van der Waals surface area contributed by atoms with Crippen molar-refractivity contribution in [2.75, 3.05) is 7.05 Å². The third-order valence-electron chi connectivity index (χ3n) is 10.9. The Morgan fingerprint density at radius 1 is 0.529 bits per heavy atom. The average molecular weight is 654 g/mol. The van der Waals surface area contributed by atoms with Crippen LogP contribution < -0.4 is 0 Å². The topological polar surface area (TPSA) is 20.5 Å². The van der Waals surface area contributed by atoms with Crippen molar-refractivity contribution in [2.24, 2.45) is 4.99 Å². The highest BCUT2D eigenvalue weighted by Crippen LogP contribution is 2.60. The second-order valence-corrected chi connectivity index (χ2v) is 13.6. The predicted octanol–water partition coefficient (Wildman–Crippen LogP) is 11.0. The molecule has 0 saturated carbocycles. The molecule has 1 aromatic heterocycles. The molecule has 2 unspecified atom stereocenters. The molecular formula is C48H35N3. The summed E-state index contributed by atoms with van der Waals surface area (Å²) in [5.41, 5.74) is 12.5. The minimum absolute atomic E-state index is 0.0848. The molecule has 0 saturated heterocycles. The molecule has 2 atom stereocenters. The summed E-state index contributed by atoms with van der Waals surface area (Å²) in [5, 5.41) is 2.52. The van der Waals surface area contributed by atoms with Gasteiger partial charge in [-0.1, -0.05) is 164 Å². The van der Waals surface area contributed by atoms with Crippen LogP contribution in [0.1, 0.15) is 39.4 Å². The normalized spacial score (nSPS) is 18.2.